The number of rotatable bonds is 3. The van der Waals surface area contributed by atoms with E-state index in [-0.39, 0.29) is 30.6 Å². The standard InChI is InChI=1S/C18H18N6O2.2ClH/c1-10-6-13-15(7-12(10)9-19)22-23-17(13)21-18(25)16-8-14(24-26-16)11-2-4-20-5-3-11;;/h6-8,11,20H,2-5H2,1H3,(H2,21,22,23,25);2*1H. The number of nitrogens with one attached hydrogen (secondary N) is 3. The average molecular weight is 423 g/mol. The van der Waals surface area contributed by atoms with Gasteiger partial charge in [0.05, 0.1) is 22.8 Å². The number of H-pyrrole nitrogens is 1. The fourth-order valence-corrected chi connectivity index (χ4v) is 3.26. The highest BCUT2D eigenvalue weighted by atomic mass is 35.5. The van der Waals surface area contributed by atoms with Gasteiger partial charge < -0.3 is 15.2 Å². The molecule has 4 rings (SSSR count). The van der Waals surface area contributed by atoms with Gasteiger partial charge >= 0.3 is 0 Å². The Morgan fingerprint density at radius 2 is 2.04 bits per heavy atom. The Hall–Kier alpha value is -2.60. The quantitative estimate of drug-likeness (QED) is 0.595. The van der Waals surface area contributed by atoms with E-state index in [1.165, 1.54) is 0 Å². The van der Waals surface area contributed by atoms with Crippen LogP contribution in [0.15, 0.2) is 22.7 Å². The van der Waals surface area contributed by atoms with Gasteiger partial charge in [-0.05, 0) is 50.6 Å². The average Bonchev–Trinajstić information content (AvgIpc) is 3.30. The summed E-state index contributed by atoms with van der Waals surface area (Å²) in [7, 11) is 0. The first-order valence-corrected chi connectivity index (χ1v) is 8.53. The molecule has 0 aliphatic carbocycles. The number of amides is 1. The zero-order chi connectivity index (χ0) is 18.1. The number of benzene rings is 1. The minimum Gasteiger partial charge on any atom is -0.351 e. The molecule has 0 atom stereocenters. The van der Waals surface area contributed by atoms with Crippen molar-refractivity contribution in [1.82, 2.24) is 20.7 Å². The fraction of sp³-hybridized carbons (Fsp3) is 0.333. The van der Waals surface area contributed by atoms with Crippen molar-refractivity contribution in [3.63, 3.8) is 0 Å². The van der Waals surface area contributed by atoms with Gasteiger partial charge in [-0.25, -0.2) is 0 Å². The summed E-state index contributed by atoms with van der Waals surface area (Å²) in [6.07, 6.45) is 1.97. The molecule has 3 aromatic rings. The number of aromatic amines is 1. The Bertz CT molecular complexity index is 1020. The first-order valence-electron chi connectivity index (χ1n) is 8.53. The second kappa shape index (κ2) is 9.06. The van der Waals surface area contributed by atoms with E-state index in [1.807, 2.05) is 13.0 Å². The van der Waals surface area contributed by atoms with E-state index in [2.05, 4.69) is 32.1 Å². The van der Waals surface area contributed by atoms with Crippen LogP contribution in [0.3, 0.4) is 0 Å². The van der Waals surface area contributed by atoms with Crippen LogP contribution in [0, 0.1) is 18.3 Å². The number of hydrogen-bond acceptors (Lipinski definition) is 6. The minimum atomic E-state index is -0.395. The van der Waals surface area contributed by atoms with Gasteiger partial charge in [0.15, 0.2) is 5.82 Å². The fourth-order valence-electron chi connectivity index (χ4n) is 3.26. The monoisotopic (exact) mass is 422 g/mol. The van der Waals surface area contributed by atoms with Crippen LogP contribution in [0.25, 0.3) is 10.9 Å². The van der Waals surface area contributed by atoms with Gasteiger partial charge in [0.1, 0.15) is 0 Å². The molecule has 1 aliphatic heterocycles. The second-order valence-corrected chi connectivity index (χ2v) is 6.49. The first kappa shape index (κ1) is 21.7. The van der Waals surface area contributed by atoms with Crippen molar-refractivity contribution in [2.24, 2.45) is 0 Å². The molecule has 0 radical (unpaired) electrons. The molecule has 2 aromatic heterocycles. The van der Waals surface area contributed by atoms with Gasteiger partial charge in [-0.1, -0.05) is 5.16 Å². The number of halogens is 2. The molecule has 0 bridgehead atoms. The molecule has 0 saturated carbocycles. The SMILES string of the molecule is Cc1cc2c(NC(=O)c3cc(C4CCNCC4)no3)n[nH]c2cc1C#N.Cl.Cl. The molecular weight excluding hydrogens is 403 g/mol. The Morgan fingerprint density at radius 3 is 2.75 bits per heavy atom. The summed E-state index contributed by atoms with van der Waals surface area (Å²) >= 11 is 0. The van der Waals surface area contributed by atoms with Gasteiger partial charge in [0.2, 0.25) is 5.76 Å². The van der Waals surface area contributed by atoms with Gasteiger partial charge in [-0.15, -0.1) is 24.8 Å². The third-order valence-electron chi connectivity index (χ3n) is 4.77. The van der Waals surface area contributed by atoms with Crippen LogP contribution in [0.2, 0.25) is 0 Å². The van der Waals surface area contributed by atoms with Crippen molar-refractivity contribution >= 4 is 47.4 Å². The third-order valence-corrected chi connectivity index (χ3v) is 4.77. The second-order valence-electron chi connectivity index (χ2n) is 6.49. The van der Waals surface area contributed by atoms with E-state index in [0.29, 0.717) is 22.8 Å². The van der Waals surface area contributed by atoms with Crippen molar-refractivity contribution in [1.29, 1.82) is 5.26 Å². The first-order chi connectivity index (χ1) is 12.7. The summed E-state index contributed by atoms with van der Waals surface area (Å²) < 4.78 is 5.24. The van der Waals surface area contributed by atoms with Crippen molar-refractivity contribution in [2.45, 2.75) is 25.7 Å². The molecule has 1 saturated heterocycles. The van der Waals surface area contributed by atoms with Crippen molar-refractivity contribution in [3.8, 4) is 6.07 Å². The molecule has 8 nitrogen and oxygen atoms in total. The molecule has 10 heteroatoms. The lowest BCUT2D eigenvalue weighted by Gasteiger charge is -2.19. The molecule has 148 valence electrons. The van der Waals surface area contributed by atoms with Crippen LogP contribution >= 0.6 is 24.8 Å². The Balaban J connectivity index is 0.00000140. The number of fused-ring (bicyclic) bond motifs is 1. The molecule has 3 heterocycles. The Kier molecular flexibility index (Phi) is 7.02. The number of carbonyl (C=O) groups excluding carboxylic acids is 1. The third kappa shape index (κ3) is 4.12. The molecule has 1 amide bonds. The molecule has 1 aliphatic rings. The maximum absolute atomic E-state index is 12.5. The van der Waals surface area contributed by atoms with E-state index in [1.54, 1.807) is 12.1 Å². The normalized spacial score (nSPS) is 14.0. The molecule has 0 unspecified atom stereocenters. The highest BCUT2D eigenvalue weighted by Gasteiger charge is 2.22. The van der Waals surface area contributed by atoms with Gasteiger partial charge in [-0.3, -0.25) is 9.89 Å². The number of nitrogens with zero attached hydrogens (tertiary/aromatic N) is 3. The Morgan fingerprint density at radius 1 is 1.29 bits per heavy atom. The smallest absolute Gasteiger partial charge is 0.295 e. The highest BCUT2D eigenvalue weighted by Crippen LogP contribution is 2.26. The molecule has 1 aromatic carbocycles. The highest BCUT2D eigenvalue weighted by molar-refractivity contribution is 6.06. The number of hydrogen-bond donors (Lipinski definition) is 3. The molecule has 1 fully saturated rings. The van der Waals surface area contributed by atoms with Crippen molar-refractivity contribution in [3.05, 3.63) is 40.8 Å². The topological polar surface area (TPSA) is 120 Å². The van der Waals surface area contributed by atoms with Crippen LogP contribution in [0.4, 0.5) is 5.82 Å². The van der Waals surface area contributed by atoms with Crippen LogP contribution < -0.4 is 10.6 Å². The number of piperidine rings is 1. The number of nitriles is 1. The molecular formula is C18H20Cl2N6O2. The lowest BCUT2D eigenvalue weighted by Crippen LogP contribution is -2.26. The van der Waals surface area contributed by atoms with Gasteiger partial charge in [0.25, 0.3) is 5.91 Å². The summed E-state index contributed by atoms with van der Waals surface area (Å²) in [5.41, 5.74) is 2.90. The maximum Gasteiger partial charge on any atom is 0.295 e. The van der Waals surface area contributed by atoms with Gasteiger partial charge in [0, 0.05) is 17.4 Å². The van der Waals surface area contributed by atoms with Crippen LogP contribution in [0.1, 0.15) is 46.1 Å². The van der Waals surface area contributed by atoms with Gasteiger partial charge in [-0.2, -0.15) is 10.4 Å². The van der Waals surface area contributed by atoms with E-state index in [0.717, 1.165) is 42.6 Å². The zero-order valence-corrected chi connectivity index (χ0v) is 16.7. The van der Waals surface area contributed by atoms with Crippen LogP contribution in [-0.4, -0.2) is 34.4 Å². The van der Waals surface area contributed by atoms with Crippen LogP contribution in [-0.2, 0) is 0 Å². The summed E-state index contributed by atoms with van der Waals surface area (Å²) in [6.45, 7) is 3.74. The summed E-state index contributed by atoms with van der Waals surface area (Å²) in [6, 6.07) is 7.39. The van der Waals surface area contributed by atoms with E-state index >= 15 is 0 Å². The predicted octanol–water partition coefficient (Wildman–Crippen LogP) is 3.29. The predicted molar refractivity (Wildman–Crippen MR) is 109 cm³/mol. The summed E-state index contributed by atoms with van der Waals surface area (Å²) in [4.78, 5) is 12.5. The largest absolute Gasteiger partial charge is 0.351 e. The molecule has 0 spiro atoms. The van der Waals surface area contributed by atoms with E-state index in [9.17, 15) is 4.79 Å². The molecule has 28 heavy (non-hydrogen) atoms. The van der Waals surface area contributed by atoms with Crippen molar-refractivity contribution in [2.75, 3.05) is 18.4 Å². The number of carbonyl (C=O) groups is 1. The maximum atomic E-state index is 12.5. The summed E-state index contributed by atoms with van der Waals surface area (Å²) in [5, 5.41) is 26.9. The van der Waals surface area contributed by atoms with Crippen LogP contribution in [0.5, 0.6) is 0 Å². The Labute approximate surface area is 173 Å². The minimum absolute atomic E-state index is 0. The number of anilines is 1. The lowest BCUT2D eigenvalue weighted by molar-refractivity contribution is 0.0987. The number of aryl methyl sites for hydroxylation is 1. The van der Waals surface area contributed by atoms with Crippen molar-refractivity contribution < 1.29 is 9.32 Å². The molecule has 3 N–H and O–H groups in total. The van der Waals surface area contributed by atoms with E-state index < -0.39 is 5.91 Å². The van der Waals surface area contributed by atoms with E-state index in [4.69, 9.17) is 9.78 Å². The zero-order valence-electron chi connectivity index (χ0n) is 15.1. The number of aromatic nitrogens is 3. The summed E-state index contributed by atoms with van der Waals surface area (Å²) in [5.74, 6) is 0.491. The lowest BCUT2D eigenvalue weighted by atomic mass is 9.94.